The highest BCUT2D eigenvalue weighted by molar-refractivity contribution is 8.18. The molecule has 0 saturated carbocycles. The second kappa shape index (κ2) is 9.19. The normalized spacial score (nSPS) is 14.9. The van der Waals surface area contributed by atoms with Crippen LogP contribution >= 0.6 is 11.8 Å². The van der Waals surface area contributed by atoms with E-state index in [2.05, 4.69) is 10.4 Å². The standard InChI is InChI=1S/C23H19FN4O3S/c1-15-13-19(26-28(15)18-5-3-2-4-6-18)21(29)25-11-12-27-22(30)20(32-23(27)31)14-16-7-9-17(24)10-8-16/h2-10,13-14H,11-12H2,1H3,(H,25,29)/b20-14+. The van der Waals surface area contributed by atoms with E-state index in [1.54, 1.807) is 16.8 Å². The highest BCUT2D eigenvalue weighted by Crippen LogP contribution is 2.31. The van der Waals surface area contributed by atoms with E-state index in [0.29, 0.717) is 5.56 Å². The van der Waals surface area contributed by atoms with E-state index in [1.165, 1.54) is 24.3 Å². The minimum atomic E-state index is -0.442. The van der Waals surface area contributed by atoms with Gasteiger partial charge in [0.2, 0.25) is 0 Å². The molecule has 3 aromatic rings. The molecule has 1 aliphatic rings. The van der Waals surface area contributed by atoms with E-state index in [4.69, 9.17) is 0 Å². The lowest BCUT2D eigenvalue weighted by Crippen LogP contribution is -2.37. The molecule has 0 unspecified atom stereocenters. The van der Waals surface area contributed by atoms with Crippen LogP contribution in [-0.4, -0.2) is 44.8 Å². The van der Waals surface area contributed by atoms with Crippen LogP contribution in [0.25, 0.3) is 11.8 Å². The average Bonchev–Trinajstić information content (AvgIpc) is 3.30. The van der Waals surface area contributed by atoms with E-state index >= 15 is 0 Å². The van der Waals surface area contributed by atoms with Gasteiger partial charge in [-0.2, -0.15) is 5.10 Å². The first-order chi connectivity index (χ1) is 15.4. The fourth-order valence-electron chi connectivity index (χ4n) is 3.19. The van der Waals surface area contributed by atoms with Gasteiger partial charge < -0.3 is 5.32 Å². The van der Waals surface area contributed by atoms with E-state index in [1.807, 2.05) is 37.3 Å². The Bertz CT molecular complexity index is 1210. The number of nitrogens with one attached hydrogen (secondary N) is 1. The van der Waals surface area contributed by atoms with Crippen LogP contribution in [0.15, 0.2) is 65.6 Å². The van der Waals surface area contributed by atoms with E-state index in [-0.39, 0.29) is 29.5 Å². The average molecular weight is 450 g/mol. The quantitative estimate of drug-likeness (QED) is 0.578. The Kier molecular flexibility index (Phi) is 6.18. The van der Waals surface area contributed by atoms with Crippen molar-refractivity contribution in [3.63, 3.8) is 0 Å². The van der Waals surface area contributed by atoms with Crippen molar-refractivity contribution < 1.29 is 18.8 Å². The van der Waals surface area contributed by atoms with Crippen LogP contribution in [0.2, 0.25) is 0 Å². The monoisotopic (exact) mass is 450 g/mol. The zero-order chi connectivity index (χ0) is 22.7. The first kappa shape index (κ1) is 21.5. The molecular weight excluding hydrogens is 431 g/mol. The number of carbonyl (C=O) groups is 3. The molecule has 9 heteroatoms. The summed E-state index contributed by atoms with van der Waals surface area (Å²) < 4.78 is 14.7. The maximum Gasteiger partial charge on any atom is 0.293 e. The number of benzene rings is 2. The number of imide groups is 1. The molecule has 1 N–H and O–H groups in total. The van der Waals surface area contributed by atoms with Crippen LogP contribution < -0.4 is 5.32 Å². The minimum Gasteiger partial charge on any atom is -0.349 e. The summed E-state index contributed by atoms with van der Waals surface area (Å²) in [6.07, 6.45) is 1.54. The van der Waals surface area contributed by atoms with Gasteiger partial charge in [0.05, 0.1) is 10.6 Å². The number of rotatable bonds is 6. The summed E-state index contributed by atoms with van der Waals surface area (Å²) in [6, 6.07) is 16.7. The third-order valence-electron chi connectivity index (χ3n) is 4.78. The number of hydrogen-bond donors (Lipinski definition) is 1. The smallest absolute Gasteiger partial charge is 0.293 e. The maximum absolute atomic E-state index is 13.0. The molecule has 1 saturated heterocycles. The molecule has 3 amide bonds. The number of hydrogen-bond acceptors (Lipinski definition) is 5. The zero-order valence-electron chi connectivity index (χ0n) is 17.1. The van der Waals surface area contributed by atoms with Gasteiger partial charge >= 0.3 is 0 Å². The van der Waals surface area contributed by atoms with Crippen molar-refractivity contribution in [2.24, 2.45) is 0 Å². The first-order valence-electron chi connectivity index (χ1n) is 9.83. The molecule has 1 aromatic heterocycles. The lowest BCUT2D eigenvalue weighted by Gasteiger charge is -2.12. The Hall–Kier alpha value is -3.72. The van der Waals surface area contributed by atoms with E-state index in [9.17, 15) is 18.8 Å². The summed E-state index contributed by atoms with van der Waals surface area (Å²) in [5, 5.41) is 6.63. The predicted molar refractivity (Wildman–Crippen MR) is 120 cm³/mol. The number of amides is 3. The molecule has 1 aliphatic heterocycles. The van der Waals surface area contributed by atoms with Crippen molar-refractivity contribution in [1.82, 2.24) is 20.0 Å². The summed E-state index contributed by atoms with van der Waals surface area (Å²) in [5.41, 5.74) is 2.51. The van der Waals surface area contributed by atoms with Gasteiger partial charge in [0, 0.05) is 18.8 Å². The minimum absolute atomic E-state index is 0.0372. The van der Waals surface area contributed by atoms with Crippen LogP contribution in [0.4, 0.5) is 9.18 Å². The molecule has 1 fully saturated rings. The third-order valence-corrected chi connectivity index (χ3v) is 5.69. The Morgan fingerprint density at radius 3 is 2.56 bits per heavy atom. The van der Waals surface area contributed by atoms with Crippen LogP contribution in [0.5, 0.6) is 0 Å². The zero-order valence-corrected chi connectivity index (χ0v) is 17.9. The van der Waals surface area contributed by atoms with Crippen LogP contribution in [0, 0.1) is 12.7 Å². The van der Waals surface area contributed by atoms with Crippen LogP contribution in [0.3, 0.4) is 0 Å². The van der Waals surface area contributed by atoms with Crippen molar-refractivity contribution >= 4 is 34.9 Å². The molecule has 7 nitrogen and oxygen atoms in total. The van der Waals surface area contributed by atoms with Crippen molar-refractivity contribution in [1.29, 1.82) is 0 Å². The number of carbonyl (C=O) groups excluding carboxylic acids is 3. The number of thioether (sulfide) groups is 1. The van der Waals surface area contributed by atoms with Crippen molar-refractivity contribution in [3.05, 3.63) is 88.3 Å². The molecular formula is C23H19FN4O3S. The Morgan fingerprint density at radius 2 is 1.84 bits per heavy atom. The highest BCUT2D eigenvalue weighted by atomic mass is 32.2. The lowest BCUT2D eigenvalue weighted by atomic mass is 10.2. The van der Waals surface area contributed by atoms with Crippen LogP contribution in [0.1, 0.15) is 21.7 Å². The second-order valence-corrected chi connectivity index (χ2v) is 8.05. The van der Waals surface area contributed by atoms with Gasteiger partial charge in [0.15, 0.2) is 5.69 Å². The summed E-state index contributed by atoms with van der Waals surface area (Å²) in [5.74, 6) is -1.21. The Labute approximate surface area is 187 Å². The lowest BCUT2D eigenvalue weighted by molar-refractivity contribution is -0.122. The second-order valence-electron chi connectivity index (χ2n) is 7.06. The van der Waals surface area contributed by atoms with Gasteiger partial charge in [0.25, 0.3) is 17.1 Å². The molecule has 0 bridgehead atoms. The van der Waals surface area contributed by atoms with Gasteiger partial charge in [-0.25, -0.2) is 9.07 Å². The Morgan fingerprint density at radius 1 is 1.12 bits per heavy atom. The molecule has 162 valence electrons. The topological polar surface area (TPSA) is 84.3 Å². The molecule has 0 spiro atoms. The van der Waals surface area contributed by atoms with Gasteiger partial charge in [-0.1, -0.05) is 30.3 Å². The molecule has 0 aliphatic carbocycles. The largest absolute Gasteiger partial charge is 0.349 e. The summed E-state index contributed by atoms with van der Waals surface area (Å²) in [7, 11) is 0. The fourth-order valence-corrected chi connectivity index (χ4v) is 4.06. The molecule has 0 atom stereocenters. The number of nitrogens with zero attached hydrogens (tertiary/aromatic N) is 3. The molecule has 32 heavy (non-hydrogen) atoms. The maximum atomic E-state index is 13.0. The molecule has 2 aromatic carbocycles. The van der Waals surface area contributed by atoms with E-state index < -0.39 is 17.1 Å². The number of halogens is 1. The molecule has 2 heterocycles. The van der Waals surface area contributed by atoms with Crippen molar-refractivity contribution in [3.8, 4) is 5.69 Å². The SMILES string of the molecule is Cc1cc(C(=O)NCCN2C(=O)S/C(=C/c3ccc(F)cc3)C2=O)nn1-c1ccccc1. The number of aromatic nitrogens is 2. The summed E-state index contributed by atoms with van der Waals surface area (Å²) >= 11 is 0.815. The first-order valence-corrected chi connectivity index (χ1v) is 10.7. The van der Waals surface area contributed by atoms with Gasteiger partial charge in [-0.15, -0.1) is 0 Å². The fraction of sp³-hybridized carbons (Fsp3) is 0.130. The number of aryl methyl sites for hydroxylation is 1. The number of para-hydroxylation sites is 1. The van der Waals surface area contributed by atoms with Crippen molar-refractivity contribution in [2.75, 3.05) is 13.1 Å². The van der Waals surface area contributed by atoms with Gasteiger partial charge in [0.1, 0.15) is 5.82 Å². The van der Waals surface area contributed by atoms with E-state index in [0.717, 1.165) is 28.0 Å². The van der Waals surface area contributed by atoms with Crippen LogP contribution in [-0.2, 0) is 4.79 Å². The summed E-state index contributed by atoms with van der Waals surface area (Å²) in [6.45, 7) is 1.98. The predicted octanol–water partition coefficient (Wildman–Crippen LogP) is 3.79. The van der Waals surface area contributed by atoms with Gasteiger partial charge in [-0.3, -0.25) is 19.3 Å². The van der Waals surface area contributed by atoms with Gasteiger partial charge in [-0.05, 0) is 60.7 Å². The molecule has 4 rings (SSSR count). The highest BCUT2D eigenvalue weighted by Gasteiger charge is 2.34. The summed E-state index contributed by atoms with van der Waals surface area (Å²) in [4.78, 5) is 38.6. The van der Waals surface area contributed by atoms with Crippen molar-refractivity contribution in [2.45, 2.75) is 6.92 Å². The molecule has 0 radical (unpaired) electrons. The third kappa shape index (κ3) is 4.62. The Balaban J connectivity index is 1.36.